The largest absolute Gasteiger partial charge is 0.494 e. The van der Waals surface area contributed by atoms with Crippen LogP contribution in [0.15, 0.2) is 49.4 Å². The Kier molecular flexibility index (Phi) is 9.83. The van der Waals surface area contributed by atoms with Crippen LogP contribution in [0.4, 0.5) is 23.0 Å². The van der Waals surface area contributed by atoms with Gasteiger partial charge in [-0.2, -0.15) is 0 Å². The number of rotatable bonds is 11. The molecule has 1 aromatic carbocycles. The Balaban J connectivity index is 2.01. The highest BCUT2D eigenvalue weighted by Gasteiger charge is 2.18. The van der Waals surface area contributed by atoms with Crippen LogP contribution in [0.25, 0.3) is 11.3 Å². The summed E-state index contributed by atoms with van der Waals surface area (Å²) in [6.45, 7) is 5.05. The second-order valence-electron chi connectivity index (χ2n) is 8.39. The maximum atomic E-state index is 12.2. The molecule has 0 unspecified atom stereocenters. The number of pyridine rings is 1. The number of carbonyl (C=O) groups is 2. The molecule has 3 N–H and O–H groups in total. The summed E-state index contributed by atoms with van der Waals surface area (Å²) in [4.78, 5) is 43.1. The fourth-order valence-electron chi connectivity index (χ4n) is 3.40. The molecule has 0 aliphatic rings. The summed E-state index contributed by atoms with van der Waals surface area (Å²) >= 11 is 11.8. The number of nitrogens with one attached hydrogen (secondary N) is 3. The van der Waals surface area contributed by atoms with Crippen molar-refractivity contribution < 1.29 is 14.3 Å². The van der Waals surface area contributed by atoms with Gasteiger partial charge in [-0.1, -0.05) is 18.2 Å². The number of methoxy groups -OCH3 is 1. The molecule has 0 saturated heterocycles. The van der Waals surface area contributed by atoms with E-state index in [0.29, 0.717) is 34.9 Å². The monoisotopic (exact) mass is 558 g/mol. The zero-order valence-corrected chi connectivity index (χ0v) is 22.9. The summed E-state index contributed by atoms with van der Waals surface area (Å²) in [5.41, 5.74) is 2.86. The van der Waals surface area contributed by atoms with Crippen molar-refractivity contribution in [2.75, 3.05) is 56.9 Å². The number of aromatic nitrogens is 3. The van der Waals surface area contributed by atoms with Crippen LogP contribution in [0.5, 0.6) is 5.75 Å². The number of benzene rings is 1. The highest BCUT2D eigenvalue weighted by Crippen LogP contribution is 2.38. The molecular weight excluding hydrogens is 531 g/mol. The van der Waals surface area contributed by atoms with Crippen LogP contribution in [0.1, 0.15) is 10.4 Å². The van der Waals surface area contributed by atoms with Crippen molar-refractivity contribution in [2.24, 2.45) is 0 Å². The highest BCUT2D eigenvalue weighted by atomic mass is 35.5. The predicted octanol–water partition coefficient (Wildman–Crippen LogP) is 3.95. The van der Waals surface area contributed by atoms with Gasteiger partial charge in [0, 0.05) is 55.9 Å². The quantitative estimate of drug-likeness (QED) is 0.237. The van der Waals surface area contributed by atoms with E-state index in [-0.39, 0.29) is 22.4 Å². The van der Waals surface area contributed by atoms with Gasteiger partial charge in [-0.3, -0.25) is 19.4 Å². The molecule has 2 aromatic heterocycles. The number of carbonyl (C=O) groups excluding carboxylic acids is 2. The van der Waals surface area contributed by atoms with Gasteiger partial charge in [-0.15, -0.1) is 0 Å². The molecule has 0 fully saturated rings. The van der Waals surface area contributed by atoms with E-state index in [4.69, 9.17) is 28.1 Å². The molecule has 38 heavy (non-hydrogen) atoms. The Bertz CT molecular complexity index is 1340. The minimum absolute atomic E-state index is 0.199. The molecule has 0 aliphatic heterocycles. The third kappa shape index (κ3) is 7.09. The Hall–Kier alpha value is -3.93. The van der Waals surface area contributed by atoms with Crippen molar-refractivity contribution in [3.63, 3.8) is 0 Å². The van der Waals surface area contributed by atoms with Gasteiger partial charge >= 0.3 is 0 Å². The van der Waals surface area contributed by atoms with Crippen LogP contribution >= 0.6 is 23.4 Å². The van der Waals surface area contributed by atoms with Gasteiger partial charge in [0.25, 0.3) is 5.91 Å². The van der Waals surface area contributed by atoms with Crippen LogP contribution in [-0.2, 0) is 4.79 Å². The smallest absolute Gasteiger partial charge is 0.267 e. The molecule has 200 valence electrons. The van der Waals surface area contributed by atoms with Crippen molar-refractivity contribution >= 4 is 58.2 Å². The van der Waals surface area contributed by atoms with Crippen molar-refractivity contribution in [3.05, 3.63) is 60.0 Å². The third-order valence-electron chi connectivity index (χ3n) is 5.41. The van der Waals surface area contributed by atoms with E-state index in [2.05, 4.69) is 37.1 Å². The molecule has 0 radical (unpaired) electrons. The number of halogens is 2. The van der Waals surface area contributed by atoms with Crippen molar-refractivity contribution in [2.45, 2.75) is 0 Å². The Morgan fingerprint density at radius 3 is 2.53 bits per heavy atom. The minimum Gasteiger partial charge on any atom is -0.494 e. The maximum absolute atomic E-state index is 12.2. The van der Waals surface area contributed by atoms with E-state index in [0.717, 1.165) is 12.2 Å². The van der Waals surface area contributed by atoms with Crippen LogP contribution in [0, 0.1) is 0 Å². The minimum atomic E-state index is -0.515. The number of hydrogen-bond donors (Lipinski definition) is 3. The van der Waals surface area contributed by atoms with E-state index in [1.54, 1.807) is 19.2 Å². The van der Waals surface area contributed by atoms with Crippen LogP contribution in [-0.4, -0.2) is 73.0 Å². The lowest BCUT2D eigenvalue weighted by Crippen LogP contribution is -2.29. The molecule has 0 atom stereocenters. The molecule has 13 heteroatoms. The normalized spacial score (nSPS) is 10.6. The first kappa shape index (κ1) is 28.6. The third-order valence-corrected chi connectivity index (χ3v) is 5.85. The summed E-state index contributed by atoms with van der Waals surface area (Å²) in [5.74, 6) is -0.179. The van der Waals surface area contributed by atoms with Gasteiger partial charge < -0.3 is 25.2 Å². The summed E-state index contributed by atoms with van der Waals surface area (Å²) in [6, 6.07) is 5.10. The number of amides is 2. The molecule has 3 rings (SSSR count). The van der Waals surface area contributed by atoms with Crippen LogP contribution < -0.4 is 25.1 Å². The zero-order valence-electron chi connectivity index (χ0n) is 21.4. The molecular formula is C25H28Cl2N8O3. The van der Waals surface area contributed by atoms with Crippen LogP contribution in [0.2, 0.25) is 5.02 Å². The summed E-state index contributed by atoms with van der Waals surface area (Å²) in [7, 11) is 7.44. The van der Waals surface area contributed by atoms with Gasteiger partial charge in [-0.25, -0.2) is 9.97 Å². The molecule has 0 bridgehead atoms. The van der Waals surface area contributed by atoms with Crippen LogP contribution in [0.3, 0.4) is 0 Å². The molecule has 3 aromatic rings. The number of likely N-dealkylation sites (N-methyl/N-ethyl adjacent to an activating group) is 2. The summed E-state index contributed by atoms with van der Waals surface area (Å²) in [6.07, 6.45) is 5.51. The number of ether oxygens (including phenoxy) is 1. The lowest BCUT2D eigenvalue weighted by atomic mass is 10.1. The van der Waals surface area contributed by atoms with Crippen molar-refractivity contribution in [3.8, 4) is 17.0 Å². The highest BCUT2D eigenvalue weighted by molar-refractivity contribution is 6.33. The Labute approximate surface area is 230 Å². The average molecular weight is 559 g/mol. The zero-order chi connectivity index (χ0) is 27.8. The van der Waals surface area contributed by atoms with Gasteiger partial charge in [0.1, 0.15) is 5.75 Å². The standard InChI is InChI=1S/C25H28Cl2N8O3/c1-6-22(36)30-18-10-19(21(38-5)11-20(18)35(4)8-7-34(2)3)31-25-29-14-17(26)23(32-25)15-9-16(13-28-12-15)24(37)33-27/h6,9-14H,1,7-8H2,2-5H3,(H,30,36)(H,33,37)(H,29,31,32). The number of hydrogen-bond acceptors (Lipinski definition) is 9. The Morgan fingerprint density at radius 1 is 1.11 bits per heavy atom. The van der Waals surface area contributed by atoms with Gasteiger partial charge in [0.05, 0.1) is 46.6 Å². The van der Waals surface area contributed by atoms with E-state index in [9.17, 15) is 9.59 Å². The predicted molar refractivity (Wildman–Crippen MR) is 151 cm³/mol. The van der Waals surface area contributed by atoms with Gasteiger partial charge in [-0.05, 0) is 32.3 Å². The fraction of sp³-hybridized carbons (Fsp3) is 0.240. The van der Waals surface area contributed by atoms with Crippen molar-refractivity contribution in [1.29, 1.82) is 0 Å². The van der Waals surface area contributed by atoms with E-state index in [1.165, 1.54) is 24.7 Å². The average Bonchev–Trinajstić information content (AvgIpc) is 2.92. The molecule has 0 spiro atoms. The molecule has 11 nitrogen and oxygen atoms in total. The Morgan fingerprint density at radius 2 is 1.87 bits per heavy atom. The SMILES string of the molecule is C=CC(=O)Nc1cc(Nc2ncc(Cl)c(-c3cncc(C(=O)NCl)c3)n2)c(OC)cc1N(C)CCN(C)C. The second-order valence-corrected chi connectivity index (χ2v) is 8.99. The summed E-state index contributed by atoms with van der Waals surface area (Å²) in [5, 5.41) is 6.23. The van der Waals surface area contributed by atoms with Gasteiger partial charge in [0.15, 0.2) is 0 Å². The molecule has 0 aliphatic carbocycles. The number of anilines is 4. The first-order valence-corrected chi connectivity index (χ1v) is 12.1. The topological polar surface area (TPSA) is 125 Å². The lowest BCUT2D eigenvalue weighted by Gasteiger charge is -2.26. The maximum Gasteiger partial charge on any atom is 0.267 e. The van der Waals surface area contributed by atoms with Gasteiger partial charge in [0.2, 0.25) is 11.9 Å². The van der Waals surface area contributed by atoms with Crippen molar-refractivity contribution in [1.82, 2.24) is 24.7 Å². The molecule has 2 amide bonds. The molecule has 2 heterocycles. The first-order chi connectivity index (χ1) is 18.2. The number of nitrogens with zero attached hydrogens (tertiary/aromatic N) is 5. The first-order valence-electron chi connectivity index (χ1n) is 11.3. The summed E-state index contributed by atoms with van der Waals surface area (Å²) < 4.78 is 5.63. The fourth-order valence-corrected chi connectivity index (χ4v) is 3.71. The van der Waals surface area contributed by atoms with E-state index >= 15 is 0 Å². The van der Waals surface area contributed by atoms with E-state index in [1.807, 2.05) is 36.9 Å². The lowest BCUT2D eigenvalue weighted by molar-refractivity contribution is -0.111. The van der Waals surface area contributed by atoms with E-state index < -0.39 is 5.91 Å². The second kappa shape index (κ2) is 13.0. The molecule has 0 saturated carbocycles.